The van der Waals surface area contributed by atoms with Crippen molar-refractivity contribution >= 4 is 39.1 Å². The molecule has 1 atom stereocenters. The maximum atomic E-state index is 12.4. The van der Waals surface area contributed by atoms with Crippen LogP contribution in [0.25, 0.3) is 0 Å². The molecule has 0 bridgehead atoms. The second-order valence-corrected chi connectivity index (χ2v) is 8.15. The molecular weight excluding hydrogens is 363 g/mol. The molecule has 0 unspecified atom stereocenters. The van der Waals surface area contributed by atoms with Gasteiger partial charge in [0.05, 0.1) is 11.3 Å². The van der Waals surface area contributed by atoms with Crippen LogP contribution in [0.2, 0.25) is 10.0 Å². The molecule has 0 radical (unpaired) electrons. The van der Waals surface area contributed by atoms with Crippen molar-refractivity contribution in [3.63, 3.8) is 0 Å². The monoisotopic (exact) mass is 380 g/mol. The van der Waals surface area contributed by atoms with Gasteiger partial charge in [-0.1, -0.05) is 23.2 Å². The fourth-order valence-electron chi connectivity index (χ4n) is 2.31. The molecule has 23 heavy (non-hydrogen) atoms. The predicted octanol–water partition coefficient (Wildman–Crippen LogP) is 1.86. The summed E-state index contributed by atoms with van der Waals surface area (Å²) < 4.78 is 29.9. The molecule has 1 amide bonds. The third-order valence-electron chi connectivity index (χ3n) is 3.56. The van der Waals surface area contributed by atoms with Crippen LogP contribution in [0.1, 0.15) is 6.92 Å². The standard InChI is InChI=1S/C14H18Cl2N2O4S/c1-10(22-13-4-3-11(15)9-12(13)16)14(19)17-5-7-18(8-6-17)23(2,20)21/h3-4,9-10H,5-8H2,1-2H3/t10-/m0/s1. The number of carbonyl (C=O) groups is 1. The average Bonchev–Trinajstić information content (AvgIpc) is 2.48. The second-order valence-electron chi connectivity index (χ2n) is 5.32. The maximum absolute atomic E-state index is 12.4. The summed E-state index contributed by atoms with van der Waals surface area (Å²) in [6.45, 7) is 2.90. The van der Waals surface area contributed by atoms with Gasteiger partial charge in [-0.3, -0.25) is 4.79 Å². The minimum absolute atomic E-state index is 0.204. The first-order valence-electron chi connectivity index (χ1n) is 7.04. The Kier molecular flexibility index (Phi) is 5.78. The summed E-state index contributed by atoms with van der Waals surface area (Å²) in [5, 5.41) is 0.817. The fourth-order valence-corrected chi connectivity index (χ4v) is 3.59. The van der Waals surface area contributed by atoms with Crippen LogP contribution in [0.15, 0.2) is 18.2 Å². The van der Waals surface area contributed by atoms with Crippen molar-refractivity contribution in [1.82, 2.24) is 9.21 Å². The van der Waals surface area contributed by atoms with Crippen LogP contribution in [-0.2, 0) is 14.8 Å². The van der Waals surface area contributed by atoms with Crippen molar-refractivity contribution in [2.45, 2.75) is 13.0 Å². The third-order valence-corrected chi connectivity index (χ3v) is 5.40. The lowest BCUT2D eigenvalue weighted by molar-refractivity contribution is -0.139. The number of amides is 1. The SMILES string of the molecule is C[C@H](Oc1ccc(Cl)cc1Cl)C(=O)N1CCN(S(C)(=O)=O)CC1. The lowest BCUT2D eigenvalue weighted by atomic mass is 10.2. The summed E-state index contributed by atoms with van der Waals surface area (Å²) in [6, 6.07) is 4.78. The molecule has 1 fully saturated rings. The van der Waals surface area contributed by atoms with Gasteiger partial charge in [0.1, 0.15) is 5.75 Å². The quantitative estimate of drug-likeness (QED) is 0.799. The Balaban J connectivity index is 1.95. The highest BCUT2D eigenvalue weighted by Crippen LogP contribution is 2.28. The Bertz CT molecular complexity index is 688. The van der Waals surface area contributed by atoms with E-state index in [-0.39, 0.29) is 5.91 Å². The number of nitrogens with zero attached hydrogens (tertiary/aromatic N) is 2. The normalized spacial score (nSPS) is 17.8. The van der Waals surface area contributed by atoms with Crippen LogP contribution in [0.4, 0.5) is 0 Å². The summed E-state index contributed by atoms with van der Waals surface area (Å²) in [5.41, 5.74) is 0. The van der Waals surface area contributed by atoms with Gasteiger partial charge in [0.15, 0.2) is 6.10 Å². The van der Waals surface area contributed by atoms with E-state index in [0.29, 0.717) is 42.0 Å². The van der Waals surface area contributed by atoms with E-state index in [0.717, 1.165) is 0 Å². The van der Waals surface area contributed by atoms with Gasteiger partial charge < -0.3 is 9.64 Å². The van der Waals surface area contributed by atoms with Gasteiger partial charge in [-0.05, 0) is 25.1 Å². The molecule has 0 aromatic heterocycles. The minimum Gasteiger partial charge on any atom is -0.479 e. The van der Waals surface area contributed by atoms with Crippen molar-refractivity contribution in [3.05, 3.63) is 28.2 Å². The van der Waals surface area contributed by atoms with Crippen molar-refractivity contribution in [2.24, 2.45) is 0 Å². The average molecular weight is 381 g/mol. The molecular formula is C14H18Cl2N2O4S. The fraction of sp³-hybridized carbons (Fsp3) is 0.500. The number of ether oxygens (including phenoxy) is 1. The molecule has 128 valence electrons. The number of hydrogen-bond donors (Lipinski definition) is 0. The zero-order chi connectivity index (χ0) is 17.2. The number of hydrogen-bond acceptors (Lipinski definition) is 4. The molecule has 0 saturated carbocycles. The van der Waals surface area contributed by atoms with E-state index < -0.39 is 16.1 Å². The zero-order valence-corrected chi connectivity index (χ0v) is 15.2. The molecule has 2 rings (SSSR count). The lowest BCUT2D eigenvalue weighted by Gasteiger charge is -2.34. The second kappa shape index (κ2) is 7.25. The predicted molar refractivity (Wildman–Crippen MR) is 89.5 cm³/mol. The molecule has 1 aromatic rings. The van der Waals surface area contributed by atoms with Gasteiger partial charge in [-0.25, -0.2) is 8.42 Å². The molecule has 1 aliphatic rings. The zero-order valence-electron chi connectivity index (χ0n) is 12.8. The van der Waals surface area contributed by atoms with E-state index in [1.165, 1.54) is 10.6 Å². The van der Waals surface area contributed by atoms with E-state index >= 15 is 0 Å². The van der Waals surface area contributed by atoms with Crippen molar-refractivity contribution < 1.29 is 17.9 Å². The van der Waals surface area contributed by atoms with Gasteiger partial charge in [-0.2, -0.15) is 4.31 Å². The van der Waals surface area contributed by atoms with Crippen molar-refractivity contribution in [2.75, 3.05) is 32.4 Å². The highest BCUT2D eigenvalue weighted by molar-refractivity contribution is 7.88. The summed E-state index contributed by atoms with van der Waals surface area (Å²) >= 11 is 11.8. The van der Waals surface area contributed by atoms with Crippen molar-refractivity contribution in [3.8, 4) is 5.75 Å². The molecule has 1 aliphatic heterocycles. The van der Waals surface area contributed by atoms with Gasteiger partial charge in [-0.15, -0.1) is 0 Å². The van der Waals surface area contributed by atoms with Crippen LogP contribution in [0.5, 0.6) is 5.75 Å². The number of sulfonamides is 1. The van der Waals surface area contributed by atoms with Crippen molar-refractivity contribution in [1.29, 1.82) is 0 Å². The third kappa shape index (κ3) is 4.73. The van der Waals surface area contributed by atoms with E-state index in [1.54, 1.807) is 30.0 Å². The van der Waals surface area contributed by atoms with Crippen LogP contribution < -0.4 is 4.74 Å². The first kappa shape index (κ1) is 18.3. The summed E-state index contributed by atoms with van der Waals surface area (Å²) in [6.07, 6.45) is 0.442. The number of carbonyl (C=O) groups excluding carboxylic acids is 1. The molecule has 9 heteroatoms. The van der Waals surface area contributed by atoms with Crippen LogP contribution in [0, 0.1) is 0 Å². The molecule has 1 saturated heterocycles. The number of benzene rings is 1. The number of rotatable bonds is 4. The van der Waals surface area contributed by atoms with Gasteiger partial charge in [0.2, 0.25) is 10.0 Å². The van der Waals surface area contributed by atoms with Gasteiger partial charge >= 0.3 is 0 Å². The molecule has 1 heterocycles. The Morgan fingerprint density at radius 3 is 2.35 bits per heavy atom. The largest absolute Gasteiger partial charge is 0.479 e. The Morgan fingerprint density at radius 1 is 1.22 bits per heavy atom. The van der Waals surface area contributed by atoms with Gasteiger partial charge in [0, 0.05) is 31.2 Å². The van der Waals surface area contributed by atoms with Crippen LogP contribution in [-0.4, -0.2) is 62.1 Å². The van der Waals surface area contributed by atoms with Gasteiger partial charge in [0.25, 0.3) is 5.91 Å². The number of piperazine rings is 1. The smallest absolute Gasteiger partial charge is 0.263 e. The molecule has 0 N–H and O–H groups in total. The van der Waals surface area contributed by atoms with Crippen LogP contribution >= 0.6 is 23.2 Å². The number of halogens is 2. The minimum atomic E-state index is -3.22. The maximum Gasteiger partial charge on any atom is 0.263 e. The first-order valence-corrected chi connectivity index (χ1v) is 9.64. The molecule has 1 aromatic carbocycles. The van der Waals surface area contributed by atoms with E-state index in [9.17, 15) is 13.2 Å². The lowest BCUT2D eigenvalue weighted by Crippen LogP contribution is -2.53. The summed E-state index contributed by atoms with van der Waals surface area (Å²) in [5.74, 6) is 0.177. The van der Waals surface area contributed by atoms with E-state index in [2.05, 4.69) is 0 Å². The topological polar surface area (TPSA) is 66.9 Å². The first-order chi connectivity index (χ1) is 10.7. The molecule has 0 aliphatic carbocycles. The highest BCUT2D eigenvalue weighted by Gasteiger charge is 2.29. The molecule has 6 nitrogen and oxygen atoms in total. The highest BCUT2D eigenvalue weighted by atomic mass is 35.5. The Morgan fingerprint density at radius 2 is 1.83 bits per heavy atom. The summed E-state index contributed by atoms with van der Waals surface area (Å²) in [7, 11) is -3.22. The van der Waals surface area contributed by atoms with E-state index in [1.807, 2.05) is 0 Å². The Hall–Kier alpha value is -1.02. The Labute approximate surface area is 146 Å². The van der Waals surface area contributed by atoms with Crippen LogP contribution in [0.3, 0.4) is 0 Å². The molecule has 0 spiro atoms. The van der Waals surface area contributed by atoms with E-state index in [4.69, 9.17) is 27.9 Å². The summed E-state index contributed by atoms with van der Waals surface area (Å²) in [4.78, 5) is 14.0.